The number of hydrogen-bond donors (Lipinski definition) is 1. The minimum atomic E-state index is -2.07. The van der Waals surface area contributed by atoms with Crippen molar-refractivity contribution in [2.24, 2.45) is 5.16 Å². The summed E-state index contributed by atoms with van der Waals surface area (Å²) >= 11 is 0. The minimum Gasteiger partial charge on any atom is -0.431 e. The average molecular weight is 449 g/mol. The quantitative estimate of drug-likeness (QED) is 0.316. The number of hydrogen-bond acceptors (Lipinski definition) is 9. The van der Waals surface area contributed by atoms with Crippen molar-refractivity contribution in [3.05, 3.63) is 71.8 Å². The minimum absolute atomic E-state index is 0.0479. The topological polar surface area (TPSA) is 113 Å². The first-order valence-electron chi connectivity index (χ1n) is 9.59. The number of alkyl halides is 1. The molecule has 10 heteroatoms. The number of nitrogens with zero attached hydrogens (tertiary/aromatic N) is 1. The Morgan fingerprint density at radius 1 is 0.938 bits per heavy atom. The third-order valence-corrected chi connectivity index (χ3v) is 4.01. The molecule has 9 nitrogen and oxygen atoms in total. The van der Waals surface area contributed by atoms with E-state index in [4.69, 9.17) is 18.9 Å². The molecule has 32 heavy (non-hydrogen) atoms. The summed E-state index contributed by atoms with van der Waals surface area (Å²) in [5.74, 6) is 0. The highest BCUT2D eigenvalue weighted by Crippen LogP contribution is 2.12. The van der Waals surface area contributed by atoms with Crippen LogP contribution in [0.1, 0.15) is 11.1 Å². The molecule has 2 aromatic rings. The van der Waals surface area contributed by atoms with Gasteiger partial charge in [-0.2, -0.15) is 0 Å². The molecule has 0 spiro atoms. The van der Waals surface area contributed by atoms with Crippen LogP contribution in [0.4, 0.5) is 14.0 Å². The van der Waals surface area contributed by atoms with Gasteiger partial charge >= 0.3 is 12.3 Å². The van der Waals surface area contributed by atoms with Crippen LogP contribution in [-0.4, -0.2) is 55.7 Å². The summed E-state index contributed by atoms with van der Waals surface area (Å²) in [4.78, 5) is 28.1. The maximum absolute atomic E-state index is 14.4. The van der Waals surface area contributed by atoms with E-state index < -0.39 is 37.3 Å². The van der Waals surface area contributed by atoms with E-state index in [-0.39, 0.29) is 13.2 Å². The Labute approximate surface area is 184 Å². The highest BCUT2D eigenvalue weighted by Gasteiger charge is 2.33. The molecular weight excluding hydrogens is 425 g/mol. The Kier molecular flexibility index (Phi) is 10.5. The van der Waals surface area contributed by atoms with E-state index in [1.165, 1.54) is 7.11 Å². The molecule has 0 saturated heterocycles. The van der Waals surface area contributed by atoms with Crippen molar-refractivity contribution < 1.29 is 42.9 Å². The molecule has 0 fully saturated rings. The Hall–Kier alpha value is -3.66. The second kappa shape index (κ2) is 13.6. The number of aliphatic hydroxyl groups is 1. The fourth-order valence-electron chi connectivity index (χ4n) is 2.43. The molecule has 3 atom stereocenters. The van der Waals surface area contributed by atoms with Crippen molar-refractivity contribution in [3.63, 3.8) is 0 Å². The number of halogens is 1. The van der Waals surface area contributed by atoms with Gasteiger partial charge in [-0.15, -0.1) is 0 Å². The summed E-state index contributed by atoms with van der Waals surface area (Å²) in [6.45, 7) is -0.868. The molecule has 0 aromatic heterocycles. The first-order chi connectivity index (χ1) is 15.5. The normalized spacial score (nSPS) is 13.6. The monoisotopic (exact) mass is 449 g/mol. The van der Waals surface area contributed by atoms with E-state index in [0.717, 1.165) is 5.56 Å². The fourth-order valence-corrected chi connectivity index (χ4v) is 2.43. The smallest absolute Gasteiger partial charge is 0.431 e. The Balaban J connectivity index is 1.87. The zero-order chi connectivity index (χ0) is 23.2. The van der Waals surface area contributed by atoms with E-state index in [2.05, 4.69) is 9.99 Å². The summed E-state index contributed by atoms with van der Waals surface area (Å²) < 4.78 is 33.9. The molecule has 0 aliphatic heterocycles. The second-order valence-corrected chi connectivity index (χ2v) is 6.39. The van der Waals surface area contributed by atoms with Crippen LogP contribution in [0.15, 0.2) is 65.8 Å². The lowest BCUT2D eigenvalue weighted by molar-refractivity contribution is -0.0754. The van der Waals surface area contributed by atoms with Gasteiger partial charge < -0.3 is 28.9 Å². The van der Waals surface area contributed by atoms with Gasteiger partial charge in [-0.25, -0.2) is 14.0 Å². The molecule has 0 aliphatic carbocycles. The zero-order valence-electron chi connectivity index (χ0n) is 17.3. The molecule has 0 aliphatic rings. The van der Waals surface area contributed by atoms with Gasteiger partial charge in [-0.3, -0.25) is 0 Å². The van der Waals surface area contributed by atoms with Gasteiger partial charge in [0.2, 0.25) is 0 Å². The maximum Gasteiger partial charge on any atom is 0.509 e. The molecule has 2 rings (SSSR count). The van der Waals surface area contributed by atoms with E-state index in [1.54, 1.807) is 54.6 Å². The van der Waals surface area contributed by atoms with Crippen molar-refractivity contribution in [3.8, 4) is 0 Å². The SMILES string of the molecule is CON=C[C@@H](F)[C@H](OC(=O)OCc1ccccc1)[C@H](O)COC(=O)OCc1ccccc1. The average Bonchev–Trinajstić information content (AvgIpc) is 2.83. The van der Waals surface area contributed by atoms with Gasteiger partial charge in [0.15, 0.2) is 12.3 Å². The fraction of sp³-hybridized carbons (Fsp3) is 0.318. The van der Waals surface area contributed by atoms with Crippen LogP contribution in [0.25, 0.3) is 0 Å². The predicted octanol–water partition coefficient (Wildman–Crippen LogP) is 3.39. The number of oxime groups is 1. The molecule has 0 radical (unpaired) electrons. The first-order valence-corrected chi connectivity index (χ1v) is 9.59. The van der Waals surface area contributed by atoms with Crippen LogP contribution < -0.4 is 0 Å². The zero-order valence-corrected chi connectivity index (χ0v) is 17.3. The van der Waals surface area contributed by atoms with Crippen molar-refractivity contribution in [2.75, 3.05) is 13.7 Å². The Bertz CT molecular complexity index is 850. The van der Waals surface area contributed by atoms with Gasteiger partial charge in [0.05, 0.1) is 6.21 Å². The summed E-state index contributed by atoms with van der Waals surface area (Å²) in [5.41, 5.74) is 1.41. The lowest BCUT2D eigenvalue weighted by Gasteiger charge is -2.23. The number of aliphatic hydroxyl groups excluding tert-OH is 1. The van der Waals surface area contributed by atoms with Crippen LogP contribution in [0.2, 0.25) is 0 Å². The number of carbonyl (C=O) groups excluding carboxylic acids is 2. The largest absolute Gasteiger partial charge is 0.509 e. The second-order valence-electron chi connectivity index (χ2n) is 6.39. The maximum atomic E-state index is 14.4. The Morgan fingerprint density at radius 2 is 1.47 bits per heavy atom. The number of ether oxygens (including phenoxy) is 4. The Morgan fingerprint density at radius 3 is 2.00 bits per heavy atom. The van der Waals surface area contributed by atoms with E-state index >= 15 is 0 Å². The lowest BCUT2D eigenvalue weighted by atomic mass is 10.1. The molecule has 0 saturated carbocycles. The van der Waals surface area contributed by atoms with Crippen LogP contribution in [0.5, 0.6) is 0 Å². The molecule has 0 amide bonds. The highest BCUT2D eigenvalue weighted by molar-refractivity contribution is 5.65. The van der Waals surface area contributed by atoms with Crippen LogP contribution in [0.3, 0.4) is 0 Å². The molecule has 0 bridgehead atoms. The van der Waals surface area contributed by atoms with Gasteiger partial charge in [0, 0.05) is 0 Å². The highest BCUT2D eigenvalue weighted by atomic mass is 19.1. The van der Waals surface area contributed by atoms with Gasteiger partial charge in [0.25, 0.3) is 0 Å². The summed E-state index contributed by atoms with van der Waals surface area (Å²) in [7, 11) is 1.19. The molecule has 1 N–H and O–H groups in total. The van der Waals surface area contributed by atoms with Crippen molar-refractivity contribution >= 4 is 18.5 Å². The number of carbonyl (C=O) groups is 2. The van der Waals surface area contributed by atoms with Crippen LogP contribution >= 0.6 is 0 Å². The van der Waals surface area contributed by atoms with Crippen molar-refractivity contribution in [1.82, 2.24) is 0 Å². The van der Waals surface area contributed by atoms with E-state index in [9.17, 15) is 19.1 Å². The van der Waals surface area contributed by atoms with Crippen molar-refractivity contribution in [1.29, 1.82) is 0 Å². The third kappa shape index (κ3) is 9.00. The van der Waals surface area contributed by atoms with Crippen LogP contribution in [-0.2, 0) is 37.0 Å². The van der Waals surface area contributed by atoms with Crippen LogP contribution in [0, 0.1) is 0 Å². The van der Waals surface area contributed by atoms with Gasteiger partial charge in [0.1, 0.15) is 33.0 Å². The molecule has 2 aromatic carbocycles. The van der Waals surface area contributed by atoms with Crippen molar-refractivity contribution in [2.45, 2.75) is 31.6 Å². The first kappa shape index (κ1) is 24.6. The summed E-state index contributed by atoms with van der Waals surface area (Å²) in [6, 6.07) is 17.6. The molecule has 172 valence electrons. The number of rotatable bonds is 11. The predicted molar refractivity (Wildman–Crippen MR) is 110 cm³/mol. The van der Waals surface area contributed by atoms with E-state index in [0.29, 0.717) is 11.8 Å². The van der Waals surface area contributed by atoms with E-state index in [1.807, 2.05) is 6.07 Å². The van der Waals surface area contributed by atoms with Gasteiger partial charge in [-0.05, 0) is 11.1 Å². The lowest BCUT2D eigenvalue weighted by Crippen LogP contribution is -2.43. The molecular formula is C22H24FNO8. The molecule has 0 unspecified atom stereocenters. The number of benzene rings is 2. The van der Waals surface area contributed by atoms with Gasteiger partial charge in [-0.1, -0.05) is 65.8 Å². The standard InChI is InChI=1S/C22H24FNO8/c1-28-24-12-18(23)20(32-22(27)30-14-17-10-6-3-7-11-17)19(25)15-31-21(26)29-13-16-8-4-2-5-9-16/h2-12,18-20,25H,13-15H2,1H3/t18-,19-,20+/m1/s1. The summed E-state index contributed by atoms with van der Waals surface area (Å²) in [6.07, 6.45) is -7.21. The molecule has 0 heterocycles. The third-order valence-electron chi connectivity index (χ3n) is 4.01. The summed E-state index contributed by atoms with van der Waals surface area (Å²) in [5, 5.41) is 13.5.